The largest absolute Gasteiger partial charge is 0.233 e. The van der Waals surface area contributed by atoms with Gasteiger partial charge in [0.25, 0.3) is 0 Å². The van der Waals surface area contributed by atoms with Crippen LogP contribution in [0.2, 0.25) is 10.2 Å². The third-order valence-electron chi connectivity index (χ3n) is 2.36. The molecule has 1 aromatic carbocycles. The fourth-order valence-electron chi connectivity index (χ4n) is 1.55. The topological polar surface area (TPSA) is 25.8 Å². The number of nitrogens with zero attached hydrogens (tertiary/aromatic N) is 2. The van der Waals surface area contributed by atoms with E-state index < -0.39 is 0 Å². The second-order valence-electron chi connectivity index (χ2n) is 3.93. The van der Waals surface area contributed by atoms with Gasteiger partial charge >= 0.3 is 0 Å². The summed E-state index contributed by atoms with van der Waals surface area (Å²) >= 11 is 12.1. The van der Waals surface area contributed by atoms with Crippen LogP contribution in [0.15, 0.2) is 54.6 Å². The van der Waals surface area contributed by atoms with Gasteiger partial charge in [-0.2, -0.15) is 0 Å². The summed E-state index contributed by atoms with van der Waals surface area (Å²) in [6.45, 7) is 1.87. The molecule has 19 heavy (non-hydrogen) atoms. The fraction of sp³-hybridized carbons (Fsp3) is 0.0667. The normalized spacial score (nSPS) is 9.84. The molecule has 0 fully saturated rings. The minimum Gasteiger partial charge on any atom is -0.233 e. The van der Waals surface area contributed by atoms with Crippen LogP contribution in [-0.2, 0) is 0 Å². The second-order valence-corrected chi connectivity index (χ2v) is 4.76. The van der Waals surface area contributed by atoms with Crippen LogP contribution >= 0.6 is 23.2 Å². The van der Waals surface area contributed by atoms with Crippen molar-refractivity contribution >= 4 is 23.2 Å². The Morgan fingerprint density at radius 1 is 0.842 bits per heavy atom. The number of aromatic nitrogens is 2. The molecule has 1 heterocycles. The van der Waals surface area contributed by atoms with Gasteiger partial charge in [-0.25, -0.2) is 9.97 Å². The summed E-state index contributed by atoms with van der Waals surface area (Å²) < 4.78 is 0. The molecule has 0 aliphatic rings. The first-order chi connectivity index (χ1) is 9.15. The second kappa shape index (κ2) is 6.50. The van der Waals surface area contributed by atoms with E-state index in [9.17, 15) is 0 Å². The number of hydrogen-bond acceptors (Lipinski definition) is 2. The van der Waals surface area contributed by atoms with Crippen molar-refractivity contribution in [3.8, 4) is 11.4 Å². The van der Waals surface area contributed by atoms with E-state index in [1.807, 2.05) is 37.3 Å². The molecule has 2 rings (SSSR count). The highest BCUT2D eigenvalue weighted by atomic mass is 35.5. The molecule has 0 saturated heterocycles. The minimum absolute atomic E-state index is 0.359. The standard InChI is InChI=1S/C15H12Cl2N2/c1-11-10-13(16)8-5-9-14(17)19-15(18-11)12-6-3-2-4-7-12/h2-10H,1H3. The van der Waals surface area contributed by atoms with Gasteiger partial charge in [-0.1, -0.05) is 59.6 Å². The average Bonchev–Trinajstić information content (AvgIpc) is 2.38. The Kier molecular flexibility index (Phi) is 4.72. The maximum Gasteiger partial charge on any atom is 0.161 e. The molecule has 0 amide bonds. The number of aryl methyl sites for hydroxylation is 1. The number of hydrogen-bond donors (Lipinski definition) is 0. The SMILES string of the molecule is Cc1cc(Cl)cccc(Cl)nc(-c2ccccc2)n1. The van der Waals surface area contributed by atoms with Gasteiger partial charge in [0.15, 0.2) is 5.82 Å². The van der Waals surface area contributed by atoms with Gasteiger partial charge in [-0.05, 0) is 25.1 Å². The van der Waals surface area contributed by atoms with E-state index in [2.05, 4.69) is 9.97 Å². The Morgan fingerprint density at radius 2 is 1.58 bits per heavy atom. The first-order valence-electron chi connectivity index (χ1n) is 5.75. The van der Waals surface area contributed by atoms with Crippen molar-refractivity contribution in [2.45, 2.75) is 6.92 Å². The summed E-state index contributed by atoms with van der Waals surface area (Å²) in [5.74, 6) is 0.565. The van der Waals surface area contributed by atoms with Crippen molar-refractivity contribution in [2.24, 2.45) is 0 Å². The lowest BCUT2D eigenvalue weighted by molar-refractivity contribution is 1.15. The van der Waals surface area contributed by atoms with Crippen molar-refractivity contribution in [1.29, 1.82) is 0 Å². The molecular formula is C15H12Cl2N2. The molecule has 1 aromatic heterocycles. The van der Waals surface area contributed by atoms with Crippen LogP contribution in [0.5, 0.6) is 0 Å². The molecule has 0 aliphatic heterocycles. The molecule has 0 saturated carbocycles. The van der Waals surface area contributed by atoms with Crippen molar-refractivity contribution in [3.05, 3.63) is 70.5 Å². The van der Waals surface area contributed by atoms with E-state index in [1.54, 1.807) is 24.3 Å². The van der Waals surface area contributed by atoms with Gasteiger partial charge in [0.2, 0.25) is 0 Å². The van der Waals surface area contributed by atoms with E-state index in [-0.39, 0.29) is 0 Å². The minimum atomic E-state index is 0.359. The van der Waals surface area contributed by atoms with Crippen molar-refractivity contribution in [1.82, 2.24) is 9.97 Å². The Balaban J connectivity index is 2.70. The smallest absolute Gasteiger partial charge is 0.161 e. The molecule has 0 bridgehead atoms. The molecule has 96 valence electrons. The zero-order valence-electron chi connectivity index (χ0n) is 10.3. The van der Waals surface area contributed by atoms with Crippen molar-refractivity contribution < 1.29 is 0 Å². The van der Waals surface area contributed by atoms with Gasteiger partial charge < -0.3 is 0 Å². The third-order valence-corrected chi connectivity index (χ3v) is 2.81. The number of benzene rings is 1. The summed E-state index contributed by atoms with van der Waals surface area (Å²) in [5, 5.41) is 0.953. The molecule has 0 atom stereocenters. The molecular weight excluding hydrogens is 279 g/mol. The highest BCUT2D eigenvalue weighted by molar-refractivity contribution is 6.30. The number of rotatable bonds is 1. The van der Waals surface area contributed by atoms with Crippen molar-refractivity contribution in [2.75, 3.05) is 0 Å². The average molecular weight is 291 g/mol. The zero-order chi connectivity index (χ0) is 13.7. The van der Waals surface area contributed by atoms with E-state index in [0.29, 0.717) is 16.0 Å². The van der Waals surface area contributed by atoms with Gasteiger partial charge in [0, 0.05) is 16.3 Å². The summed E-state index contributed by atoms with van der Waals surface area (Å²) in [6.07, 6.45) is 0. The van der Waals surface area contributed by atoms with Crippen LogP contribution in [0.1, 0.15) is 5.69 Å². The Hall–Kier alpha value is -1.64. The fourth-order valence-corrected chi connectivity index (χ4v) is 1.93. The van der Waals surface area contributed by atoms with Gasteiger partial charge in [-0.15, -0.1) is 0 Å². The van der Waals surface area contributed by atoms with Crippen LogP contribution in [-0.4, -0.2) is 9.97 Å². The molecule has 0 unspecified atom stereocenters. The van der Waals surface area contributed by atoms with Crippen LogP contribution in [0, 0.1) is 6.92 Å². The van der Waals surface area contributed by atoms with E-state index >= 15 is 0 Å². The van der Waals surface area contributed by atoms with Gasteiger partial charge in [0.05, 0.1) is 0 Å². The predicted octanol–water partition coefficient (Wildman–Crippen LogP) is 4.88. The quantitative estimate of drug-likeness (QED) is 0.748. The highest BCUT2D eigenvalue weighted by Crippen LogP contribution is 2.15. The van der Waals surface area contributed by atoms with Gasteiger partial charge in [-0.3, -0.25) is 0 Å². The Morgan fingerprint density at radius 3 is 2.32 bits per heavy atom. The lowest BCUT2D eigenvalue weighted by Gasteiger charge is -1.98. The summed E-state index contributed by atoms with van der Waals surface area (Å²) in [4.78, 5) is 8.77. The number of halogens is 2. The highest BCUT2D eigenvalue weighted by Gasteiger charge is 1.99. The zero-order valence-corrected chi connectivity index (χ0v) is 11.9. The maximum atomic E-state index is 6.05. The van der Waals surface area contributed by atoms with Crippen LogP contribution in [0.3, 0.4) is 0 Å². The summed E-state index contributed by atoms with van der Waals surface area (Å²) in [7, 11) is 0. The van der Waals surface area contributed by atoms with Crippen molar-refractivity contribution in [3.63, 3.8) is 0 Å². The molecule has 2 aromatic rings. The van der Waals surface area contributed by atoms with Crippen LogP contribution in [0.25, 0.3) is 11.4 Å². The third kappa shape index (κ3) is 4.19. The summed E-state index contributed by atoms with van der Waals surface area (Å²) in [5.41, 5.74) is 1.67. The molecule has 4 heteroatoms. The monoisotopic (exact) mass is 290 g/mol. The lowest BCUT2D eigenvalue weighted by Crippen LogP contribution is -1.88. The van der Waals surface area contributed by atoms with E-state index in [4.69, 9.17) is 23.2 Å². The first kappa shape index (κ1) is 13.8. The van der Waals surface area contributed by atoms with Crippen LogP contribution in [0.4, 0.5) is 0 Å². The first-order valence-corrected chi connectivity index (χ1v) is 6.51. The Labute approximate surface area is 122 Å². The molecule has 0 radical (unpaired) electrons. The van der Waals surface area contributed by atoms with Crippen LogP contribution < -0.4 is 0 Å². The molecule has 0 N–H and O–H groups in total. The summed E-state index contributed by atoms with van der Waals surface area (Å²) in [6, 6.07) is 16.6. The Bertz CT molecular complexity index is 626. The maximum absolute atomic E-state index is 6.05. The molecule has 0 aliphatic carbocycles. The van der Waals surface area contributed by atoms with E-state index in [0.717, 1.165) is 11.3 Å². The van der Waals surface area contributed by atoms with E-state index in [1.165, 1.54) is 0 Å². The molecule has 0 spiro atoms. The van der Waals surface area contributed by atoms with Gasteiger partial charge in [0.1, 0.15) is 5.15 Å². The molecule has 2 nitrogen and oxygen atoms in total. The lowest BCUT2D eigenvalue weighted by atomic mass is 10.2. The predicted molar refractivity (Wildman–Crippen MR) is 79.9 cm³/mol.